The Morgan fingerprint density at radius 1 is 0.968 bits per heavy atom. The van der Waals surface area contributed by atoms with E-state index in [1.807, 2.05) is 32.0 Å². The molecule has 3 rings (SSSR count). The molecule has 0 heterocycles. The molecule has 0 aliphatic rings. The van der Waals surface area contributed by atoms with E-state index in [2.05, 4.69) is 10.0 Å². The second-order valence-corrected chi connectivity index (χ2v) is 8.99. The van der Waals surface area contributed by atoms with Crippen molar-refractivity contribution < 1.29 is 17.6 Å². The number of hydrogen-bond donors (Lipinski definition) is 2. The Kier molecular flexibility index (Phi) is 6.97. The second kappa shape index (κ2) is 9.49. The summed E-state index contributed by atoms with van der Waals surface area (Å²) in [5.41, 5.74) is 2.41. The van der Waals surface area contributed by atoms with Gasteiger partial charge in [0, 0.05) is 10.6 Å². The molecule has 0 fully saturated rings. The Bertz CT molecular complexity index is 1190. The molecular formula is C23H22ClFN2O3S. The molecule has 3 aromatic carbocycles. The third kappa shape index (κ3) is 5.24. The fourth-order valence-electron chi connectivity index (χ4n) is 3.13. The molecule has 162 valence electrons. The summed E-state index contributed by atoms with van der Waals surface area (Å²) >= 11 is 5.80. The van der Waals surface area contributed by atoms with Crippen LogP contribution >= 0.6 is 11.6 Å². The van der Waals surface area contributed by atoms with Gasteiger partial charge < -0.3 is 5.32 Å². The highest BCUT2D eigenvalue weighted by molar-refractivity contribution is 7.92. The maximum atomic E-state index is 14.6. The molecule has 2 N–H and O–H groups in total. The van der Waals surface area contributed by atoms with Crippen LogP contribution in [0.2, 0.25) is 5.02 Å². The van der Waals surface area contributed by atoms with Crippen LogP contribution in [0.1, 0.15) is 35.3 Å². The summed E-state index contributed by atoms with van der Waals surface area (Å²) in [6, 6.07) is 15.1. The highest BCUT2D eigenvalue weighted by atomic mass is 35.5. The van der Waals surface area contributed by atoms with Crippen LogP contribution in [0.4, 0.5) is 15.8 Å². The van der Waals surface area contributed by atoms with Crippen molar-refractivity contribution in [3.05, 3.63) is 88.2 Å². The molecule has 31 heavy (non-hydrogen) atoms. The molecule has 0 bridgehead atoms. The number of carbonyl (C=O) groups is 1. The van der Waals surface area contributed by atoms with Gasteiger partial charge in [0.2, 0.25) is 0 Å². The van der Waals surface area contributed by atoms with Gasteiger partial charge in [0.25, 0.3) is 15.9 Å². The summed E-state index contributed by atoms with van der Waals surface area (Å²) in [6.45, 7) is 3.87. The Morgan fingerprint density at radius 2 is 1.58 bits per heavy atom. The molecular weight excluding hydrogens is 439 g/mol. The fraction of sp³-hybridized carbons (Fsp3) is 0.174. The molecule has 0 saturated heterocycles. The summed E-state index contributed by atoms with van der Waals surface area (Å²) in [4.78, 5) is 12.1. The summed E-state index contributed by atoms with van der Waals surface area (Å²) in [7, 11) is -4.02. The molecule has 0 spiro atoms. The first-order valence-electron chi connectivity index (χ1n) is 9.75. The van der Waals surface area contributed by atoms with Crippen molar-refractivity contribution in [1.29, 1.82) is 0 Å². The van der Waals surface area contributed by atoms with E-state index in [-0.39, 0.29) is 10.6 Å². The van der Waals surface area contributed by atoms with E-state index < -0.39 is 21.7 Å². The topological polar surface area (TPSA) is 75.3 Å². The van der Waals surface area contributed by atoms with Crippen molar-refractivity contribution >= 4 is 38.9 Å². The Balaban J connectivity index is 1.85. The highest BCUT2D eigenvalue weighted by Crippen LogP contribution is 2.27. The lowest BCUT2D eigenvalue weighted by atomic mass is 10.0. The van der Waals surface area contributed by atoms with E-state index in [4.69, 9.17) is 11.6 Å². The Morgan fingerprint density at radius 3 is 2.13 bits per heavy atom. The number of para-hydroxylation sites is 1. The lowest BCUT2D eigenvalue weighted by Gasteiger charge is -2.16. The van der Waals surface area contributed by atoms with Crippen LogP contribution in [0.3, 0.4) is 0 Å². The van der Waals surface area contributed by atoms with E-state index >= 15 is 0 Å². The molecule has 5 nitrogen and oxygen atoms in total. The Hall–Kier alpha value is -2.90. The predicted molar refractivity (Wildman–Crippen MR) is 122 cm³/mol. The molecule has 0 aliphatic heterocycles. The molecule has 0 atom stereocenters. The molecule has 0 radical (unpaired) electrons. The van der Waals surface area contributed by atoms with Gasteiger partial charge in [-0.3, -0.25) is 9.52 Å². The monoisotopic (exact) mass is 460 g/mol. The average Bonchev–Trinajstić information content (AvgIpc) is 2.75. The molecule has 8 heteroatoms. The number of aryl methyl sites for hydroxylation is 2. The quantitative estimate of drug-likeness (QED) is 0.478. The van der Waals surface area contributed by atoms with Gasteiger partial charge in [-0.2, -0.15) is 0 Å². The van der Waals surface area contributed by atoms with Crippen LogP contribution in [-0.4, -0.2) is 14.3 Å². The molecule has 1 amide bonds. The minimum atomic E-state index is -4.02. The number of amides is 1. The standard InChI is InChI=1S/C23H22ClFN2O3S/c1-3-15-6-5-7-16(4-2)22(15)27-31(29,30)19-12-13-21(20(25)14-19)26-23(28)17-8-10-18(24)11-9-17/h5-14,27H,3-4H2,1-2H3,(H,26,28). The van der Waals surface area contributed by atoms with E-state index in [9.17, 15) is 17.6 Å². The van der Waals surface area contributed by atoms with Crippen LogP contribution < -0.4 is 10.0 Å². The highest BCUT2D eigenvalue weighted by Gasteiger charge is 2.20. The van der Waals surface area contributed by atoms with Gasteiger partial charge in [-0.1, -0.05) is 43.6 Å². The van der Waals surface area contributed by atoms with Crippen LogP contribution in [0.5, 0.6) is 0 Å². The molecule has 0 aromatic heterocycles. The number of sulfonamides is 1. The second-order valence-electron chi connectivity index (χ2n) is 6.87. The molecule has 0 aliphatic carbocycles. The summed E-state index contributed by atoms with van der Waals surface area (Å²) in [5, 5.41) is 2.91. The Labute approximate surface area is 186 Å². The fourth-order valence-corrected chi connectivity index (χ4v) is 4.41. The zero-order valence-electron chi connectivity index (χ0n) is 17.1. The van der Waals surface area contributed by atoms with Crippen molar-refractivity contribution in [2.75, 3.05) is 10.0 Å². The maximum Gasteiger partial charge on any atom is 0.262 e. The minimum absolute atomic E-state index is 0.123. The number of carbonyl (C=O) groups excluding carboxylic acids is 1. The van der Waals surface area contributed by atoms with E-state index in [0.717, 1.165) is 17.2 Å². The molecule has 3 aromatic rings. The average molecular weight is 461 g/mol. The number of hydrogen-bond acceptors (Lipinski definition) is 3. The van der Waals surface area contributed by atoms with Crippen molar-refractivity contribution in [3.63, 3.8) is 0 Å². The van der Waals surface area contributed by atoms with Gasteiger partial charge in [0.15, 0.2) is 0 Å². The van der Waals surface area contributed by atoms with Crippen LogP contribution in [0.15, 0.2) is 65.6 Å². The van der Waals surface area contributed by atoms with E-state index in [0.29, 0.717) is 29.1 Å². The number of rotatable bonds is 7. The zero-order chi connectivity index (χ0) is 22.6. The number of halogens is 2. The SMILES string of the molecule is CCc1cccc(CC)c1NS(=O)(=O)c1ccc(NC(=O)c2ccc(Cl)cc2)c(F)c1. The van der Waals surface area contributed by atoms with Crippen molar-refractivity contribution in [1.82, 2.24) is 0 Å². The van der Waals surface area contributed by atoms with Crippen LogP contribution in [0, 0.1) is 5.82 Å². The smallest absolute Gasteiger partial charge is 0.262 e. The lowest BCUT2D eigenvalue weighted by Crippen LogP contribution is -2.17. The summed E-state index contributed by atoms with van der Waals surface area (Å²) in [6.07, 6.45) is 1.30. The molecule has 0 unspecified atom stereocenters. The third-order valence-electron chi connectivity index (χ3n) is 4.84. The first kappa shape index (κ1) is 22.8. The number of anilines is 2. The lowest BCUT2D eigenvalue weighted by molar-refractivity contribution is 0.102. The van der Waals surface area contributed by atoms with Gasteiger partial charge in [-0.25, -0.2) is 12.8 Å². The van der Waals surface area contributed by atoms with Gasteiger partial charge in [-0.15, -0.1) is 0 Å². The van der Waals surface area contributed by atoms with Crippen molar-refractivity contribution in [2.24, 2.45) is 0 Å². The van der Waals surface area contributed by atoms with E-state index in [1.165, 1.54) is 24.3 Å². The summed E-state index contributed by atoms with van der Waals surface area (Å²) in [5.74, 6) is -1.39. The zero-order valence-corrected chi connectivity index (χ0v) is 18.6. The van der Waals surface area contributed by atoms with Crippen molar-refractivity contribution in [2.45, 2.75) is 31.6 Å². The van der Waals surface area contributed by atoms with Crippen LogP contribution in [-0.2, 0) is 22.9 Å². The number of nitrogens with one attached hydrogen (secondary N) is 2. The van der Waals surface area contributed by atoms with Gasteiger partial charge in [0.1, 0.15) is 5.82 Å². The van der Waals surface area contributed by atoms with E-state index in [1.54, 1.807) is 12.1 Å². The number of benzene rings is 3. The third-order valence-corrected chi connectivity index (χ3v) is 6.44. The molecule has 0 saturated carbocycles. The van der Waals surface area contributed by atoms with Gasteiger partial charge in [0.05, 0.1) is 16.3 Å². The largest absolute Gasteiger partial charge is 0.319 e. The normalized spacial score (nSPS) is 11.2. The maximum absolute atomic E-state index is 14.6. The predicted octanol–water partition coefficient (Wildman–Crippen LogP) is 5.66. The first-order valence-corrected chi connectivity index (χ1v) is 11.6. The van der Waals surface area contributed by atoms with Crippen molar-refractivity contribution in [3.8, 4) is 0 Å². The van der Waals surface area contributed by atoms with Gasteiger partial charge >= 0.3 is 0 Å². The van der Waals surface area contributed by atoms with Crippen LogP contribution in [0.25, 0.3) is 0 Å². The minimum Gasteiger partial charge on any atom is -0.319 e. The van der Waals surface area contributed by atoms with Gasteiger partial charge in [-0.05, 0) is 66.4 Å². The summed E-state index contributed by atoms with van der Waals surface area (Å²) < 4.78 is 43.0. The first-order chi connectivity index (χ1) is 14.7.